The number of nitrogens with zero attached hydrogens (tertiary/aromatic N) is 1. The van der Waals surface area contributed by atoms with Crippen molar-refractivity contribution in [1.29, 1.82) is 0 Å². The molecular weight excluding hydrogens is 188 g/mol. The van der Waals surface area contributed by atoms with Crippen LogP contribution >= 0.6 is 0 Å². The van der Waals surface area contributed by atoms with Crippen molar-refractivity contribution in [1.82, 2.24) is 4.98 Å². The van der Waals surface area contributed by atoms with Gasteiger partial charge in [-0.3, -0.25) is 0 Å². The summed E-state index contributed by atoms with van der Waals surface area (Å²) in [4.78, 5) is 4.19. The number of ether oxygens (including phenoxy) is 1. The molecule has 0 amide bonds. The summed E-state index contributed by atoms with van der Waals surface area (Å²) < 4.78 is 5.62. The van der Waals surface area contributed by atoms with Gasteiger partial charge in [0.25, 0.3) is 0 Å². The predicted octanol–water partition coefficient (Wildman–Crippen LogP) is 2.53. The minimum atomic E-state index is -0.0345. The zero-order valence-electron chi connectivity index (χ0n) is 9.73. The van der Waals surface area contributed by atoms with Crippen LogP contribution in [0.5, 0.6) is 5.88 Å². The van der Waals surface area contributed by atoms with E-state index in [1.54, 1.807) is 6.20 Å². The minimum absolute atomic E-state index is 0.0345. The molecule has 0 aliphatic heterocycles. The molecule has 1 heterocycles. The summed E-state index contributed by atoms with van der Waals surface area (Å²) in [5, 5.41) is 0. The first kappa shape index (κ1) is 12.0. The van der Waals surface area contributed by atoms with Gasteiger partial charge >= 0.3 is 0 Å². The summed E-state index contributed by atoms with van der Waals surface area (Å²) in [6, 6.07) is 3.81. The summed E-state index contributed by atoms with van der Waals surface area (Å²) >= 11 is 0. The highest BCUT2D eigenvalue weighted by Crippen LogP contribution is 2.20. The summed E-state index contributed by atoms with van der Waals surface area (Å²) in [5.41, 5.74) is 6.80. The van der Waals surface area contributed by atoms with E-state index < -0.39 is 0 Å². The molecule has 0 fully saturated rings. The molecule has 2 N–H and O–H groups in total. The van der Waals surface area contributed by atoms with E-state index in [0.29, 0.717) is 18.4 Å². The lowest BCUT2D eigenvalue weighted by Gasteiger charge is -2.13. The number of hydrogen-bond donors (Lipinski definition) is 1. The summed E-state index contributed by atoms with van der Waals surface area (Å²) in [6.45, 7) is 6.99. The summed E-state index contributed by atoms with van der Waals surface area (Å²) in [6.07, 6.45) is 2.77. The molecule has 0 saturated carbocycles. The van der Waals surface area contributed by atoms with Crippen molar-refractivity contribution >= 4 is 0 Å². The second-order valence-electron chi connectivity index (χ2n) is 4.22. The molecule has 0 spiro atoms. The SMILES string of the molecule is CC(C)CCOc1ncccc1C(C)N. The Labute approximate surface area is 91.7 Å². The Bertz CT molecular complexity index is 297. The molecule has 3 nitrogen and oxygen atoms in total. The highest BCUT2D eigenvalue weighted by molar-refractivity contribution is 5.27. The molecule has 0 aliphatic carbocycles. The first-order chi connectivity index (χ1) is 7.11. The molecule has 0 aliphatic rings. The van der Waals surface area contributed by atoms with Crippen LogP contribution < -0.4 is 10.5 Å². The fourth-order valence-electron chi connectivity index (χ4n) is 1.26. The number of aromatic nitrogens is 1. The molecule has 1 unspecified atom stereocenters. The highest BCUT2D eigenvalue weighted by Gasteiger charge is 2.08. The Hall–Kier alpha value is -1.09. The maximum absolute atomic E-state index is 5.83. The van der Waals surface area contributed by atoms with Crippen LogP contribution in [0, 0.1) is 5.92 Å². The van der Waals surface area contributed by atoms with Gasteiger partial charge in [0.15, 0.2) is 0 Å². The van der Waals surface area contributed by atoms with Crippen LogP contribution in [0.3, 0.4) is 0 Å². The van der Waals surface area contributed by atoms with Crippen molar-refractivity contribution in [3.05, 3.63) is 23.9 Å². The molecule has 84 valence electrons. The standard InChI is InChI=1S/C12H20N2O/c1-9(2)6-8-15-12-11(10(3)13)5-4-7-14-12/h4-5,7,9-10H,6,8,13H2,1-3H3. The fourth-order valence-corrected chi connectivity index (χ4v) is 1.26. The first-order valence-electron chi connectivity index (χ1n) is 5.44. The molecule has 15 heavy (non-hydrogen) atoms. The van der Waals surface area contributed by atoms with Crippen molar-refractivity contribution in [2.75, 3.05) is 6.61 Å². The van der Waals surface area contributed by atoms with Gasteiger partial charge in [0.2, 0.25) is 5.88 Å². The average molecular weight is 208 g/mol. The second-order valence-corrected chi connectivity index (χ2v) is 4.22. The van der Waals surface area contributed by atoms with Crippen LogP contribution in [0.25, 0.3) is 0 Å². The van der Waals surface area contributed by atoms with Gasteiger partial charge in [-0.1, -0.05) is 19.9 Å². The average Bonchev–Trinajstić information content (AvgIpc) is 2.17. The number of rotatable bonds is 5. The Morgan fingerprint density at radius 1 is 1.40 bits per heavy atom. The molecule has 1 rings (SSSR count). The van der Waals surface area contributed by atoms with E-state index in [9.17, 15) is 0 Å². The van der Waals surface area contributed by atoms with Crippen molar-refractivity contribution in [3.8, 4) is 5.88 Å². The van der Waals surface area contributed by atoms with Crippen molar-refractivity contribution in [2.45, 2.75) is 33.2 Å². The predicted molar refractivity (Wildman–Crippen MR) is 61.8 cm³/mol. The van der Waals surface area contributed by atoms with E-state index in [1.807, 2.05) is 19.1 Å². The second kappa shape index (κ2) is 5.71. The van der Waals surface area contributed by atoms with Crippen LogP contribution in [-0.2, 0) is 0 Å². The minimum Gasteiger partial charge on any atom is -0.477 e. The normalized spacial score (nSPS) is 12.9. The van der Waals surface area contributed by atoms with Gasteiger partial charge < -0.3 is 10.5 Å². The third-order valence-corrected chi connectivity index (χ3v) is 2.23. The number of pyridine rings is 1. The van der Waals surface area contributed by atoms with Crippen molar-refractivity contribution < 1.29 is 4.74 Å². The molecule has 1 atom stereocenters. The lowest BCUT2D eigenvalue weighted by molar-refractivity contribution is 0.275. The van der Waals surface area contributed by atoms with Gasteiger partial charge in [-0.05, 0) is 25.3 Å². The third kappa shape index (κ3) is 3.88. The van der Waals surface area contributed by atoms with Gasteiger partial charge in [0.05, 0.1) is 6.61 Å². The van der Waals surface area contributed by atoms with E-state index >= 15 is 0 Å². The topological polar surface area (TPSA) is 48.1 Å². The molecule has 0 aromatic carbocycles. The zero-order chi connectivity index (χ0) is 11.3. The molecule has 1 aromatic rings. The van der Waals surface area contributed by atoms with Gasteiger partial charge in [0.1, 0.15) is 0 Å². The molecule has 3 heteroatoms. The Balaban J connectivity index is 2.59. The largest absolute Gasteiger partial charge is 0.477 e. The molecule has 0 radical (unpaired) electrons. The van der Waals surface area contributed by atoms with Crippen LogP contribution in [0.1, 0.15) is 38.8 Å². The Morgan fingerprint density at radius 3 is 2.73 bits per heavy atom. The van der Waals surface area contributed by atoms with Crippen LogP contribution in [0.2, 0.25) is 0 Å². The fraction of sp³-hybridized carbons (Fsp3) is 0.583. The van der Waals surface area contributed by atoms with E-state index in [4.69, 9.17) is 10.5 Å². The molecule has 1 aromatic heterocycles. The lowest BCUT2D eigenvalue weighted by atomic mass is 10.1. The van der Waals surface area contributed by atoms with Gasteiger partial charge in [-0.25, -0.2) is 4.98 Å². The van der Waals surface area contributed by atoms with Crippen LogP contribution in [0.15, 0.2) is 18.3 Å². The van der Waals surface area contributed by atoms with E-state index in [0.717, 1.165) is 12.0 Å². The van der Waals surface area contributed by atoms with Gasteiger partial charge in [-0.2, -0.15) is 0 Å². The van der Waals surface area contributed by atoms with Crippen molar-refractivity contribution in [3.63, 3.8) is 0 Å². The highest BCUT2D eigenvalue weighted by atomic mass is 16.5. The van der Waals surface area contributed by atoms with Gasteiger partial charge in [-0.15, -0.1) is 0 Å². The van der Waals surface area contributed by atoms with E-state index in [1.165, 1.54) is 0 Å². The Kier molecular flexibility index (Phi) is 4.56. The number of hydrogen-bond acceptors (Lipinski definition) is 3. The van der Waals surface area contributed by atoms with Gasteiger partial charge in [0, 0.05) is 17.8 Å². The van der Waals surface area contributed by atoms with E-state index in [-0.39, 0.29) is 6.04 Å². The van der Waals surface area contributed by atoms with Crippen molar-refractivity contribution in [2.24, 2.45) is 11.7 Å². The summed E-state index contributed by atoms with van der Waals surface area (Å²) in [5.74, 6) is 1.32. The monoisotopic (exact) mass is 208 g/mol. The third-order valence-electron chi connectivity index (χ3n) is 2.23. The number of nitrogens with two attached hydrogens (primary N) is 1. The smallest absolute Gasteiger partial charge is 0.218 e. The van der Waals surface area contributed by atoms with Crippen LogP contribution in [0.4, 0.5) is 0 Å². The molecule has 0 saturated heterocycles. The first-order valence-corrected chi connectivity index (χ1v) is 5.44. The Morgan fingerprint density at radius 2 is 2.13 bits per heavy atom. The maximum Gasteiger partial charge on any atom is 0.218 e. The zero-order valence-corrected chi connectivity index (χ0v) is 9.73. The maximum atomic E-state index is 5.83. The van der Waals surface area contributed by atoms with E-state index in [2.05, 4.69) is 18.8 Å². The molecular formula is C12H20N2O. The lowest BCUT2D eigenvalue weighted by Crippen LogP contribution is -2.10. The van der Waals surface area contributed by atoms with Crippen LogP contribution in [-0.4, -0.2) is 11.6 Å². The summed E-state index contributed by atoms with van der Waals surface area (Å²) in [7, 11) is 0. The molecule has 0 bridgehead atoms. The quantitative estimate of drug-likeness (QED) is 0.808.